The van der Waals surface area contributed by atoms with E-state index < -0.39 is 6.10 Å². The first-order chi connectivity index (χ1) is 10.1. The van der Waals surface area contributed by atoms with Crippen molar-refractivity contribution in [3.8, 4) is 5.75 Å². The predicted molar refractivity (Wildman–Crippen MR) is 84.1 cm³/mol. The van der Waals surface area contributed by atoms with Crippen LogP contribution in [0.2, 0.25) is 5.02 Å². The molecule has 2 rings (SSSR count). The van der Waals surface area contributed by atoms with Crippen LogP contribution in [0.1, 0.15) is 18.9 Å². The Labute approximate surface area is 131 Å². The second-order valence-corrected chi connectivity index (χ2v) is 6.10. The monoisotopic (exact) mass is 313 g/mol. The number of hydrogen-bond acceptors (Lipinski definition) is 4. The van der Waals surface area contributed by atoms with Crippen LogP contribution in [0.25, 0.3) is 0 Å². The number of aliphatic hydroxyl groups is 1. The van der Waals surface area contributed by atoms with Crippen molar-refractivity contribution in [1.82, 2.24) is 5.32 Å². The Morgan fingerprint density at radius 2 is 2.33 bits per heavy atom. The maximum Gasteiger partial charge on any atom is 0.119 e. The Hall–Kier alpha value is -0.810. The molecule has 0 aromatic heterocycles. The minimum absolute atomic E-state index is 0.266. The van der Waals surface area contributed by atoms with Crippen LogP contribution in [0, 0.1) is 12.8 Å². The first-order valence-electron chi connectivity index (χ1n) is 7.44. The van der Waals surface area contributed by atoms with E-state index in [0.717, 1.165) is 36.0 Å². The zero-order chi connectivity index (χ0) is 15.2. The van der Waals surface area contributed by atoms with E-state index in [9.17, 15) is 5.11 Å². The molecule has 21 heavy (non-hydrogen) atoms. The molecule has 0 radical (unpaired) electrons. The summed E-state index contributed by atoms with van der Waals surface area (Å²) >= 11 is 5.96. The van der Waals surface area contributed by atoms with Gasteiger partial charge in [-0.25, -0.2) is 0 Å². The van der Waals surface area contributed by atoms with Crippen LogP contribution in [-0.4, -0.2) is 43.6 Å². The van der Waals surface area contributed by atoms with Crippen molar-refractivity contribution in [2.24, 2.45) is 5.92 Å². The lowest BCUT2D eigenvalue weighted by molar-refractivity contribution is 0.100. The summed E-state index contributed by atoms with van der Waals surface area (Å²) in [5.41, 5.74) is 0.969. The molecule has 0 saturated carbocycles. The Morgan fingerprint density at radius 3 is 3.00 bits per heavy atom. The van der Waals surface area contributed by atoms with Crippen molar-refractivity contribution in [3.05, 3.63) is 28.8 Å². The highest BCUT2D eigenvalue weighted by Gasteiger charge is 2.22. The maximum atomic E-state index is 9.98. The largest absolute Gasteiger partial charge is 0.491 e. The lowest BCUT2D eigenvalue weighted by Crippen LogP contribution is -2.40. The van der Waals surface area contributed by atoms with Crippen molar-refractivity contribution >= 4 is 11.6 Å². The van der Waals surface area contributed by atoms with Crippen molar-refractivity contribution in [3.63, 3.8) is 0 Å². The minimum atomic E-state index is -0.536. The third-order valence-electron chi connectivity index (χ3n) is 3.92. The standard InChI is InChI=1S/C16H24ClNO3/c1-11-7-15(3-4-16(11)17)21-10-14(19)8-18-12(2)13-5-6-20-9-13/h3-4,7,12-14,18-19H,5-6,8-10H2,1-2H3. The van der Waals surface area contributed by atoms with Crippen molar-refractivity contribution in [2.45, 2.75) is 32.4 Å². The Kier molecular flexibility index (Phi) is 6.30. The number of benzene rings is 1. The van der Waals surface area contributed by atoms with Crippen molar-refractivity contribution in [1.29, 1.82) is 0 Å². The summed E-state index contributed by atoms with van der Waals surface area (Å²) in [6.45, 7) is 6.50. The van der Waals surface area contributed by atoms with Gasteiger partial charge in [0.2, 0.25) is 0 Å². The lowest BCUT2D eigenvalue weighted by Gasteiger charge is -2.21. The van der Waals surface area contributed by atoms with E-state index in [1.54, 1.807) is 6.07 Å². The fourth-order valence-corrected chi connectivity index (χ4v) is 2.51. The molecule has 2 N–H and O–H groups in total. The molecule has 0 spiro atoms. The van der Waals surface area contributed by atoms with Gasteiger partial charge in [0.1, 0.15) is 18.5 Å². The van der Waals surface area contributed by atoms with E-state index in [0.29, 0.717) is 18.5 Å². The molecule has 4 nitrogen and oxygen atoms in total. The van der Waals surface area contributed by atoms with Crippen LogP contribution in [0.5, 0.6) is 5.75 Å². The number of aryl methyl sites for hydroxylation is 1. The van der Waals surface area contributed by atoms with E-state index >= 15 is 0 Å². The molecular weight excluding hydrogens is 290 g/mol. The highest BCUT2D eigenvalue weighted by Crippen LogP contribution is 2.21. The highest BCUT2D eigenvalue weighted by atomic mass is 35.5. The van der Waals surface area contributed by atoms with Gasteiger partial charge in [-0.1, -0.05) is 11.6 Å². The molecule has 5 heteroatoms. The molecule has 1 fully saturated rings. The molecule has 1 aliphatic rings. The van der Waals surface area contributed by atoms with E-state index in [1.807, 2.05) is 19.1 Å². The summed E-state index contributed by atoms with van der Waals surface area (Å²) in [6.07, 6.45) is 0.552. The molecule has 3 atom stereocenters. The molecular formula is C16H24ClNO3. The van der Waals surface area contributed by atoms with Crippen LogP contribution in [-0.2, 0) is 4.74 Å². The van der Waals surface area contributed by atoms with Gasteiger partial charge >= 0.3 is 0 Å². The maximum absolute atomic E-state index is 9.98. The van der Waals surface area contributed by atoms with Crippen LogP contribution >= 0.6 is 11.6 Å². The molecule has 1 saturated heterocycles. The molecule has 1 aromatic carbocycles. The number of ether oxygens (including phenoxy) is 2. The molecule has 0 bridgehead atoms. The summed E-state index contributed by atoms with van der Waals surface area (Å²) in [6, 6.07) is 5.84. The number of hydrogen-bond donors (Lipinski definition) is 2. The Bertz CT molecular complexity index is 449. The van der Waals surface area contributed by atoms with Gasteiger partial charge in [0.05, 0.1) is 6.61 Å². The van der Waals surface area contributed by atoms with Crippen LogP contribution in [0.4, 0.5) is 0 Å². The van der Waals surface area contributed by atoms with Crippen LogP contribution in [0.15, 0.2) is 18.2 Å². The van der Waals surface area contributed by atoms with E-state index in [1.165, 1.54) is 0 Å². The summed E-state index contributed by atoms with van der Waals surface area (Å²) in [4.78, 5) is 0. The van der Waals surface area contributed by atoms with Gasteiger partial charge in [-0.3, -0.25) is 0 Å². The number of nitrogens with one attached hydrogen (secondary N) is 1. The van der Waals surface area contributed by atoms with Gasteiger partial charge in [0.25, 0.3) is 0 Å². The quantitative estimate of drug-likeness (QED) is 0.811. The van der Waals surface area contributed by atoms with Crippen LogP contribution in [0.3, 0.4) is 0 Å². The highest BCUT2D eigenvalue weighted by molar-refractivity contribution is 6.31. The van der Waals surface area contributed by atoms with Crippen molar-refractivity contribution < 1.29 is 14.6 Å². The average Bonchev–Trinajstić information content (AvgIpc) is 3.00. The number of halogens is 1. The molecule has 118 valence electrons. The third-order valence-corrected chi connectivity index (χ3v) is 4.34. The van der Waals surface area contributed by atoms with Gasteiger partial charge in [-0.05, 0) is 49.9 Å². The van der Waals surface area contributed by atoms with Gasteiger partial charge < -0.3 is 19.9 Å². The normalized spacial score (nSPS) is 21.2. The van der Waals surface area contributed by atoms with E-state index in [2.05, 4.69) is 12.2 Å². The number of rotatable bonds is 7. The fourth-order valence-electron chi connectivity index (χ4n) is 2.39. The Balaban J connectivity index is 1.69. The Morgan fingerprint density at radius 1 is 1.52 bits per heavy atom. The first kappa shape index (κ1) is 16.6. The predicted octanol–water partition coefficient (Wildman–Crippen LogP) is 2.40. The topological polar surface area (TPSA) is 50.7 Å². The summed E-state index contributed by atoms with van der Waals surface area (Å²) in [7, 11) is 0. The smallest absolute Gasteiger partial charge is 0.119 e. The van der Waals surface area contributed by atoms with Gasteiger partial charge in [-0.2, -0.15) is 0 Å². The molecule has 3 unspecified atom stereocenters. The first-order valence-corrected chi connectivity index (χ1v) is 7.82. The SMILES string of the molecule is Cc1cc(OCC(O)CNC(C)C2CCOC2)ccc1Cl. The van der Waals surface area contributed by atoms with E-state index in [4.69, 9.17) is 21.1 Å². The molecule has 0 aliphatic carbocycles. The average molecular weight is 314 g/mol. The zero-order valence-electron chi connectivity index (χ0n) is 12.6. The molecule has 1 aliphatic heterocycles. The fraction of sp³-hybridized carbons (Fsp3) is 0.625. The molecule has 0 amide bonds. The molecule has 1 heterocycles. The lowest BCUT2D eigenvalue weighted by atomic mass is 10.0. The zero-order valence-corrected chi connectivity index (χ0v) is 13.4. The van der Waals surface area contributed by atoms with Crippen LogP contribution < -0.4 is 10.1 Å². The van der Waals surface area contributed by atoms with Gasteiger partial charge in [-0.15, -0.1) is 0 Å². The van der Waals surface area contributed by atoms with E-state index in [-0.39, 0.29) is 6.61 Å². The van der Waals surface area contributed by atoms with Gasteiger partial charge in [0.15, 0.2) is 0 Å². The van der Waals surface area contributed by atoms with Crippen molar-refractivity contribution in [2.75, 3.05) is 26.4 Å². The second-order valence-electron chi connectivity index (χ2n) is 5.70. The second kappa shape index (κ2) is 7.99. The summed E-state index contributed by atoms with van der Waals surface area (Å²) < 4.78 is 11.0. The molecule has 1 aromatic rings. The summed E-state index contributed by atoms with van der Waals surface area (Å²) in [5, 5.41) is 14.1. The third kappa shape index (κ3) is 5.15. The van der Waals surface area contributed by atoms with Gasteiger partial charge in [0, 0.05) is 24.2 Å². The number of aliphatic hydroxyl groups excluding tert-OH is 1. The summed E-state index contributed by atoms with van der Waals surface area (Å²) in [5.74, 6) is 1.27. The minimum Gasteiger partial charge on any atom is -0.491 e.